The van der Waals surface area contributed by atoms with Crippen LogP contribution in [0.25, 0.3) is 0 Å². The van der Waals surface area contributed by atoms with Crippen LogP contribution in [0.2, 0.25) is 0 Å². The highest BCUT2D eigenvalue weighted by Gasteiger charge is 2.35. The number of nitrogens with one attached hydrogen (secondary N) is 1. The van der Waals surface area contributed by atoms with Crippen molar-refractivity contribution in [3.63, 3.8) is 0 Å². The highest BCUT2D eigenvalue weighted by molar-refractivity contribution is 7.99. The maximum absolute atomic E-state index is 5.63. The zero-order valence-electron chi connectivity index (χ0n) is 12.1. The molecule has 1 fully saturated rings. The van der Waals surface area contributed by atoms with Crippen LogP contribution in [0.3, 0.4) is 0 Å². The molecular weight excluding hydrogens is 230 g/mol. The molecule has 1 saturated heterocycles. The van der Waals surface area contributed by atoms with Crippen LogP contribution in [0.4, 0.5) is 0 Å². The summed E-state index contributed by atoms with van der Waals surface area (Å²) in [6, 6.07) is 0. The van der Waals surface area contributed by atoms with Crippen molar-refractivity contribution < 1.29 is 4.74 Å². The molecule has 1 aliphatic heterocycles. The van der Waals surface area contributed by atoms with E-state index in [1.807, 2.05) is 0 Å². The topological polar surface area (TPSA) is 21.3 Å². The van der Waals surface area contributed by atoms with Crippen LogP contribution < -0.4 is 5.32 Å². The van der Waals surface area contributed by atoms with Crippen LogP contribution in [0.5, 0.6) is 0 Å². The molecule has 0 aromatic carbocycles. The van der Waals surface area contributed by atoms with Crippen molar-refractivity contribution in [1.29, 1.82) is 0 Å². The third-order valence-electron chi connectivity index (χ3n) is 3.26. The average Bonchev–Trinajstić information content (AvgIpc) is 2.63. The van der Waals surface area contributed by atoms with Crippen LogP contribution in [0, 0.1) is 5.41 Å². The Morgan fingerprint density at radius 2 is 2.06 bits per heavy atom. The Morgan fingerprint density at radius 3 is 2.53 bits per heavy atom. The van der Waals surface area contributed by atoms with E-state index in [1.165, 1.54) is 18.6 Å². The second-order valence-electron chi connectivity index (χ2n) is 6.58. The Kier molecular flexibility index (Phi) is 5.81. The molecule has 102 valence electrons. The lowest BCUT2D eigenvalue weighted by atomic mass is 9.83. The summed E-state index contributed by atoms with van der Waals surface area (Å²) >= 11 is 2.07. The van der Waals surface area contributed by atoms with Crippen LogP contribution in [0.15, 0.2) is 0 Å². The monoisotopic (exact) mass is 259 g/mol. The second kappa shape index (κ2) is 6.44. The van der Waals surface area contributed by atoms with Gasteiger partial charge in [-0.1, -0.05) is 13.8 Å². The van der Waals surface area contributed by atoms with Gasteiger partial charge in [-0.25, -0.2) is 0 Å². The van der Waals surface area contributed by atoms with E-state index in [-0.39, 0.29) is 5.54 Å². The van der Waals surface area contributed by atoms with Gasteiger partial charge in [0.05, 0.1) is 6.61 Å². The first-order chi connectivity index (χ1) is 7.83. The predicted molar refractivity (Wildman–Crippen MR) is 77.8 cm³/mol. The van der Waals surface area contributed by atoms with E-state index in [9.17, 15) is 0 Å². The fraction of sp³-hybridized carbons (Fsp3) is 1.00. The summed E-state index contributed by atoms with van der Waals surface area (Å²) < 4.78 is 5.63. The van der Waals surface area contributed by atoms with Crippen molar-refractivity contribution in [2.45, 2.75) is 58.2 Å². The Bertz CT molecular complexity index is 217. The summed E-state index contributed by atoms with van der Waals surface area (Å²) in [5, 5.41) is 4.39. The minimum absolute atomic E-state index is 0.209. The third kappa shape index (κ3) is 6.12. The van der Waals surface area contributed by atoms with E-state index in [1.54, 1.807) is 0 Å². The summed E-state index contributed by atoms with van der Waals surface area (Å²) in [4.78, 5) is 0. The molecule has 1 aliphatic rings. The van der Waals surface area contributed by atoms with Gasteiger partial charge in [0.2, 0.25) is 0 Å². The van der Waals surface area contributed by atoms with Crippen molar-refractivity contribution >= 4 is 11.8 Å². The minimum atomic E-state index is 0.209. The Balaban J connectivity index is 2.39. The highest BCUT2D eigenvalue weighted by atomic mass is 32.2. The van der Waals surface area contributed by atoms with Crippen LogP contribution in [-0.4, -0.2) is 36.3 Å². The van der Waals surface area contributed by atoms with E-state index < -0.39 is 0 Å². The molecule has 0 radical (unpaired) electrons. The summed E-state index contributed by atoms with van der Waals surface area (Å²) in [6.07, 6.45) is 2.49. The highest BCUT2D eigenvalue weighted by Crippen LogP contribution is 2.34. The molecule has 0 spiro atoms. The zero-order chi connectivity index (χ0) is 12.9. The van der Waals surface area contributed by atoms with Gasteiger partial charge in [0, 0.05) is 24.1 Å². The Hall–Kier alpha value is 0.270. The Morgan fingerprint density at radius 1 is 1.35 bits per heavy atom. The SMILES string of the molecule is CC(C)SCCC1(CNC(C)(C)C)CCOC1. The van der Waals surface area contributed by atoms with Gasteiger partial charge in [-0.3, -0.25) is 0 Å². The molecule has 0 aliphatic carbocycles. The average molecular weight is 259 g/mol. The van der Waals surface area contributed by atoms with E-state index in [4.69, 9.17) is 4.74 Å². The number of hydrogen-bond donors (Lipinski definition) is 1. The summed E-state index contributed by atoms with van der Waals surface area (Å²) in [7, 11) is 0. The molecule has 1 unspecified atom stereocenters. The van der Waals surface area contributed by atoms with Crippen molar-refractivity contribution in [3.8, 4) is 0 Å². The first kappa shape index (κ1) is 15.3. The minimum Gasteiger partial charge on any atom is -0.381 e. The van der Waals surface area contributed by atoms with Gasteiger partial charge >= 0.3 is 0 Å². The number of thioether (sulfide) groups is 1. The molecule has 2 nitrogen and oxygen atoms in total. The maximum Gasteiger partial charge on any atom is 0.0535 e. The summed E-state index contributed by atoms with van der Waals surface area (Å²) in [6.45, 7) is 14.2. The van der Waals surface area contributed by atoms with Gasteiger partial charge < -0.3 is 10.1 Å². The van der Waals surface area contributed by atoms with Crippen molar-refractivity contribution in [2.75, 3.05) is 25.5 Å². The van der Waals surface area contributed by atoms with Crippen LogP contribution in [0.1, 0.15) is 47.5 Å². The quantitative estimate of drug-likeness (QED) is 0.791. The fourth-order valence-electron chi connectivity index (χ4n) is 2.04. The molecular formula is C14H29NOS. The van der Waals surface area contributed by atoms with Gasteiger partial charge in [-0.2, -0.15) is 11.8 Å². The Labute approximate surface area is 111 Å². The molecule has 3 heteroatoms. The largest absolute Gasteiger partial charge is 0.381 e. The molecule has 1 rings (SSSR count). The first-order valence-corrected chi connectivity index (χ1v) is 7.82. The standard InChI is InChI=1S/C14H29NOS/c1-12(2)17-9-7-14(6-8-16-11-14)10-15-13(3,4)5/h12,15H,6-11H2,1-5H3. The van der Waals surface area contributed by atoms with E-state index in [2.05, 4.69) is 51.7 Å². The molecule has 0 aromatic heterocycles. The van der Waals surface area contributed by atoms with E-state index >= 15 is 0 Å². The molecule has 17 heavy (non-hydrogen) atoms. The second-order valence-corrected chi connectivity index (χ2v) is 8.26. The number of ether oxygens (including phenoxy) is 1. The number of hydrogen-bond acceptors (Lipinski definition) is 3. The van der Waals surface area contributed by atoms with Gasteiger partial charge in [-0.05, 0) is 44.6 Å². The normalized spacial score (nSPS) is 25.8. The maximum atomic E-state index is 5.63. The molecule has 1 N–H and O–H groups in total. The lowest BCUT2D eigenvalue weighted by Crippen LogP contribution is -2.44. The lowest BCUT2D eigenvalue weighted by Gasteiger charge is -2.32. The molecule has 0 amide bonds. The van der Waals surface area contributed by atoms with Crippen molar-refractivity contribution in [1.82, 2.24) is 5.32 Å². The smallest absolute Gasteiger partial charge is 0.0535 e. The summed E-state index contributed by atoms with van der Waals surface area (Å²) in [5.41, 5.74) is 0.593. The van der Waals surface area contributed by atoms with Gasteiger partial charge in [0.15, 0.2) is 0 Å². The van der Waals surface area contributed by atoms with Crippen molar-refractivity contribution in [2.24, 2.45) is 5.41 Å². The molecule has 1 atom stereocenters. The van der Waals surface area contributed by atoms with E-state index in [0.717, 1.165) is 25.0 Å². The predicted octanol–water partition coefficient (Wildman–Crippen LogP) is 3.31. The molecule has 0 aromatic rings. The first-order valence-electron chi connectivity index (χ1n) is 6.77. The third-order valence-corrected chi connectivity index (χ3v) is 4.37. The van der Waals surface area contributed by atoms with E-state index in [0.29, 0.717) is 5.41 Å². The van der Waals surface area contributed by atoms with Gasteiger partial charge in [-0.15, -0.1) is 0 Å². The van der Waals surface area contributed by atoms with Crippen LogP contribution in [-0.2, 0) is 4.74 Å². The van der Waals surface area contributed by atoms with Crippen molar-refractivity contribution in [3.05, 3.63) is 0 Å². The van der Waals surface area contributed by atoms with Gasteiger partial charge in [0.25, 0.3) is 0 Å². The molecule has 0 saturated carbocycles. The fourth-order valence-corrected chi connectivity index (χ4v) is 3.06. The zero-order valence-corrected chi connectivity index (χ0v) is 13.0. The lowest BCUT2D eigenvalue weighted by molar-refractivity contribution is 0.142. The molecule has 0 bridgehead atoms. The summed E-state index contributed by atoms with van der Waals surface area (Å²) in [5.74, 6) is 1.26. The van der Waals surface area contributed by atoms with Gasteiger partial charge in [0.1, 0.15) is 0 Å². The van der Waals surface area contributed by atoms with Crippen LogP contribution >= 0.6 is 11.8 Å². The number of rotatable bonds is 6. The molecule has 1 heterocycles.